The van der Waals surface area contributed by atoms with Crippen molar-refractivity contribution >= 4 is 63.1 Å². The number of aromatic carboxylic acids is 1. The van der Waals surface area contributed by atoms with Crippen molar-refractivity contribution in [3.63, 3.8) is 0 Å². The molecule has 8 heteroatoms. The van der Waals surface area contributed by atoms with E-state index in [1.165, 1.54) is 24.3 Å². The Morgan fingerprint density at radius 1 is 1.04 bits per heavy atom. The van der Waals surface area contributed by atoms with Crippen LogP contribution < -0.4 is 9.84 Å². The predicted molar refractivity (Wildman–Crippen MR) is 112 cm³/mol. The molecule has 0 aliphatic carbocycles. The summed E-state index contributed by atoms with van der Waals surface area (Å²) < 4.78 is 11.9. The molecule has 0 aromatic heterocycles. The Hall–Kier alpha value is -1.95. The first-order valence-electron chi connectivity index (χ1n) is 7.53. The highest BCUT2D eigenvalue weighted by molar-refractivity contribution is 14.1. The van der Waals surface area contributed by atoms with Crippen molar-refractivity contribution in [1.82, 2.24) is 0 Å². The van der Waals surface area contributed by atoms with Gasteiger partial charge in [0.25, 0.3) is 0 Å². The van der Waals surface area contributed by atoms with Crippen LogP contribution in [0.4, 0.5) is 0 Å². The van der Waals surface area contributed by atoms with Crippen molar-refractivity contribution < 1.29 is 29.0 Å². The standard InChI is InChI=1S/C19H14I2O6/c1-10(2)18(24)27-16-14(20)7-11(8-15(16)21)9-26-19(25)13-5-3-12(4-6-13)17(22)23/h3-8H,1,9H2,2H3,(H,22,23)/p-1. The molecule has 0 saturated heterocycles. The maximum atomic E-state index is 12.1. The van der Waals surface area contributed by atoms with E-state index in [1.807, 2.05) is 45.2 Å². The van der Waals surface area contributed by atoms with Crippen LogP contribution in [0.15, 0.2) is 48.6 Å². The number of ether oxygens (including phenoxy) is 2. The number of carboxylic acids is 1. The molecule has 0 saturated carbocycles. The summed E-state index contributed by atoms with van der Waals surface area (Å²) in [7, 11) is 0. The van der Waals surface area contributed by atoms with E-state index >= 15 is 0 Å². The van der Waals surface area contributed by atoms with Crippen molar-refractivity contribution in [2.24, 2.45) is 0 Å². The number of carbonyl (C=O) groups is 3. The second kappa shape index (κ2) is 9.31. The van der Waals surface area contributed by atoms with Crippen LogP contribution >= 0.6 is 45.2 Å². The van der Waals surface area contributed by atoms with E-state index in [9.17, 15) is 19.5 Å². The van der Waals surface area contributed by atoms with Crippen LogP contribution in [0.3, 0.4) is 0 Å². The predicted octanol–water partition coefficient (Wildman–Crippen LogP) is 3.10. The molecule has 27 heavy (non-hydrogen) atoms. The molecular weight excluding hydrogens is 578 g/mol. The Morgan fingerprint density at radius 2 is 1.56 bits per heavy atom. The van der Waals surface area contributed by atoms with Crippen molar-refractivity contribution in [2.45, 2.75) is 13.5 Å². The highest BCUT2D eigenvalue weighted by atomic mass is 127. The number of hydrogen-bond acceptors (Lipinski definition) is 6. The molecule has 0 spiro atoms. The summed E-state index contributed by atoms with van der Waals surface area (Å²) in [6.07, 6.45) is 0. The fourth-order valence-electron chi connectivity index (χ4n) is 1.95. The lowest BCUT2D eigenvalue weighted by atomic mass is 10.1. The van der Waals surface area contributed by atoms with Gasteiger partial charge in [-0.1, -0.05) is 18.7 Å². The monoisotopic (exact) mass is 591 g/mol. The van der Waals surface area contributed by atoms with Gasteiger partial charge in [-0.15, -0.1) is 0 Å². The fourth-order valence-corrected chi connectivity index (χ4v) is 4.06. The SMILES string of the molecule is C=C(C)C(=O)Oc1c(I)cc(COC(=O)c2ccc(C(=O)[O-])cc2)cc1I. The van der Waals surface area contributed by atoms with E-state index in [2.05, 4.69) is 6.58 Å². The minimum Gasteiger partial charge on any atom is -0.545 e. The molecule has 0 N–H and O–H groups in total. The molecule has 0 atom stereocenters. The Bertz CT molecular complexity index is 895. The molecule has 0 aliphatic heterocycles. The second-order valence-corrected chi connectivity index (χ2v) is 7.82. The maximum Gasteiger partial charge on any atom is 0.338 e. The van der Waals surface area contributed by atoms with Gasteiger partial charge in [-0.25, -0.2) is 9.59 Å². The highest BCUT2D eigenvalue weighted by Gasteiger charge is 2.15. The summed E-state index contributed by atoms with van der Waals surface area (Å²) in [6.45, 7) is 5.13. The average Bonchev–Trinajstić information content (AvgIpc) is 2.62. The number of halogens is 2. The van der Waals surface area contributed by atoms with Gasteiger partial charge in [0, 0.05) is 5.57 Å². The molecule has 0 aliphatic rings. The molecule has 2 aromatic carbocycles. The quantitative estimate of drug-likeness (QED) is 0.222. The van der Waals surface area contributed by atoms with E-state index < -0.39 is 17.9 Å². The van der Waals surface area contributed by atoms with Crippen LogP contribution in [0.1, 0.15) is 33.2 Å². The van der Waals surface area contributed by atoms with E-state index in [0.717, 1.165) is 5.56 Å². The topological polar surface area (TPSA) is 92.7 Å². The Morgan fingerprint density at radius 3 is 2.04 bits per heavy atom. The molecule has 6 nitrogen and oxygen atoms in total. The third-order valence-corrected chi connectivity index (χ3v) is 4.93. The minimum atomic E-state index is -1.31. The molecule has 0 unspecified atom stereocenters. The highest BCUT2D eigenvalue weighted by Crippen LogP contribution is 2.30. The Kier molecular flexibility index (Phi) is 7.36. The van der Waals surface area contributed by atoms with Gasteiger partial charge in [0.2, 0.25) is 0 Å². The summed E-state index contributed by atoms with van der Waals surface area (Å²) in [5.74, 6) is -1.98. The van der Waals surface area contributed by atoms with Gasteiger partial charge in [-0.05, 0) is 87.5 Å². The Balaban J connectivity index is 2.07. The number of carboxylic acid groups (broad SMARTS) is 1. The third kappa shape index (κ3) is 5.76. The van der Waals surface area contributed by atoms with E-state index in [-0.39, 0.29) is 17.7 Å². The molecule has 0 radical (unpaired) electrons. The first-order valence-corrected chi connectivity index (χ1v) is 9.69. The van der Waals surface area contributed by atoms with Crippen LogP contribution in [0, 0.1) is 7.14 Å². The van der Waals surface area contributed by atoms with Crippen molar-refractivity contribution in [3.05, 3.63) is 72.4 Å². The van der Waals surface area contributed by atoms with Gasteiger partial charge in [0.1, 0.15) is 6.61 Å². The molecular formula is C19H13I2O6-. The summed E-state index contributed by atoms with van der Waals surface area (Å²) in [4.78, 5) is 34.5. The van der Waals surface area contributed by atoms with Gasteiger partial charge < -0.3 is 19.4 Å². The zero-order valence-corrected chi connectivity index (χ0v) is 18.4. The summed E-state index contributed by atoms with van der Waals surface area (Å²) in [6, 6.07) is 8.78. The van der Waals surface area contributed by atoms with Gasteiger partial charge in [0.05, 0.1) is 18.7 Å². The maximum absolute atomic E-state index is 12.1. The molecule has 2 rings (SSSR count). The van der Waals surface area contributed by atoms with Crippen LogP contribution in [0.5, 0.6) is 5.75 Å². The summed E-state index contributed by atoms with van der Waals surface area (Å²) >= 11 is 4.07. The van der Waals surface area contributed by atoms with Gasteiger partial charge in [0.15, 0.2) is 5.75 Å². The number of carbonyl (C=O) groups excluding carboxylic acids is 3. The normalized spacial score (nSPS) is 10.2. The van der Waals surface area contributed by atoms with Gasteiger partial charge >= 0.3 is 11.9 Å². The van der Waals surface area contributed by atoms with Crippen LogP contribution in [0.25, 0.3) is 0 Å². The number of esters is 2. The largest absolute Gasteiger partial charge is 0.545 e. The average molecular weight is 591 g/mol. The molecule has 0 heterocycles. The second-order valence-electron chi connectivity index (χ2n) is 5.50. The summed E-state index contributed by atoms with van der Waals surface area (Å²) in [5.41, 5.74) is 1.23. The van der Waals surface area contributed by atoms with Crippen molar-refractivity contribution in [1.29, 1.82) is 0 Å². The zero-order chi connectivity index (χ0) is 20.1. The molecule has 0 bridgehead atoms. The molecule has 140 valence electrons. The van der Waals surface area contributed by atoms with Crippen LogP contribution in [0.2, 0.25) is 0 Å². The Labute approximate surface area is 182 Å². The van der Waals surface area contributed by atoms with Gasteiger partial charge in [-0.3, -0.25) is 0 Å². The first kappa shape index (κ1) is 21.4. The zero-order valence-electron chi connectivity index (χ0n) is 14.1. The third-order valence-electron chi connectivity index (χ3n) is 3.33. The lowest BCUT2D eigenvalue weighted by molar-refractivity contribution is -0.255. The van der Waals surface area contributed by atoms with Crippen LogP contribution in [-0.2, 0) is 16.1 Å². The number of rotatable bonds is 6. The first-order chi connectivity index (χ1) is 12.7. The van der Waals surface area contributed by atoms with E-state index in [1.54, 1.807) is 19.1 Å². The smallest absolute Gasteiger partial charge is 0.338 e. The van der Waals surface area contributed by atoms with E-state index in [4.69, 9.17) is 9.47 Å². The van der Waals surface area contributed by atoms with Crippen LogP contribution in [-0.4, -0.2) is 17.9 Å². The lowest BCUT2D eigenvalue weighted by Gasteiger charge is -2.11. The molecule has 0 amide bonds. The number of hydrogen-bond donors (Lipinski definition) is 0. The molecule has 0 fully saturated rings. The minimum absolute atomic E-state index is 0.0157. The number of benzene rings is 2. The fraction of sp³-hybridized carbons (Fsp3) is 0.105. The summed E-state index contributed by atoms with van der Waals surface area (Å²) in [5, 5.41) is 10.7. The molecule has 2 aromatic rings. The van der Waals surface area contributed by atoms with Crippen molar-refractivity contribution in [2.75, 3.05) is 0 Å². The van der Waals surface area contributed by atoms with E-state index in [0.29, 0.717) is 18.5 Å². The lowest BCUT2D eigenvalue weighted by Crippen LogP contribution is -2.22. The van der Waals surface area contributed by atoms with Crippen molar-refractivity contribution in [3.8, 4) is 5.75 Å². The van der Waals surface area contributed by atoms with Gasteiger partial charge in [-0.2, -0.15) is 0 Å².